The average molecular weight is 442 g/mol. The molecule has 0 bridgehead atoms. The molecule has 2 aromatic heterocycles. The second-order valence-electron chi connectivity index (χ2n) is 8.00. The number of esters is 2. The molecule has 0 saturated heterocycles. The Bertz CT molecular complexity index is 1010. The van der Waals surface area contributed by atoms with E-state index < -0.39 is 23.7 Å². The van der Waals surface area contributed by atoms with Crippen LogP contribution < -0.4 is 0 Å². The Morgan fingerprint density at radius 2 is 1.38 bits per heavy atom. The van der Waals surface area contributed by atoms with E-state index in [-0.39, 0.29) is 36.7 Å². The van der Waals surface area contributed by atoms with Crippen molar-refractivity contribution in [3.8, 4) is 0 Å². The first-order valence-electron chi connectivity index (χ1n) is 10.4. The minimum atomic E-state index is -0.604. The summed E-state index contributed by atoms with van der Waals surface area (Å²) in [6.45, 7) is 7.57. The van der Waals surface area contributed by atoms with E-state index in [9.17, 15) is 14.0 Å². The molecule has 0 aliphatic heterocycles. The molecule has 0 aliphatic carbocycles. The third-order valence-corrected chi connectivity index (χ3v) is 4.84. The highest BCUT2D eigenvalue weighted by molar-refractivity contribution is 5.87. The molecule has 2 heterocycles. The van der Waals surface area contributed by atoms with Gasteiger partial charge in [0.25, 0.3) is 0 Å². The number of benzene rings is 1. The molecule has 170 valence electrons. The second-order valence-corrected chi connectivity index (χ2v) is 8.00. The Kier molecular flexibility index (Phi) is 7.40. The van der Waals surface area contributed by atoms with E-state index in [1.165, 1.54) is 12.1 Å². The van der Waals surface area contributed by atoms with Crippen LogP contribution in [-0.4, -0.2) is 44.7 Å². The van der Waals surface area contributed by atoms with Crippen LogP contribution in [0, 0.1) is 5.82 Å². The van der Waals surface area contributed by atoms with E-state index in [1.54, 1.807) is 46.0 Å². The lowest BCUT2D eigenvalue weighted by molar-refractivity contribution is 0.0339. The van der Waals surface area contributed by atoms with Crippen molar-refractivity contribution in [2.75, 3.05) is 13.2 Å². The van der Waals surface area contributed by atoms with Gasteiger partial charge in [0.1, 0.15) is 19.0 Å². The fourth-order valence-electron chi connectivity index (χ4n) is 2.97. The first-order chi connectivity index (χ1) is 15.2. The highest BCUT2D eigenvalue weighted by Gasteiger charge is 2.21. The molecule has 32 heavy (non-hydrogen) atoms. The van der Waals surface area contributed by atoms with Crippen molar-refractivity contribution in [2.45, 2.75) is 45.7 Å². The molecule has 0 atom stereocenters. The van der Waals surface area contributed by atoms with Gasteiger partial charge in [0.15, 0.2) is 11.4 Å². The average Bonchev–Trinajstić information content (AvgIpc) is 3.43. The Hall–Kier alpha value is -3.49. The lowest BCUT2D eigenvalue weighted by atomic mass is 10.0. The Morgan fingerprint density at radius 3 is 1.78 bits per heavy atom. The third-order valence-electron chi connectivity index (χ3n) is 4.84. The number of nitrogens with zero attached hydrogens (tertiary/aromatic N) is 4. The van der Waals surface area contributed by atoms with Gasteiger partial charge >= 0.3 is 11.9 Å². The van der Waals surface area contributed by atoms with Crippen LogP contribution in [-0.2, 0) is 9.47 Å². The Labute approximate surface area is 185 Å². The normalized spacial score (nSPS) is 11.4. The highest BCUT2D eigenvalue weighted by Crippen LogP contribution is 2.20. The maximum atomic E-state index is 13.8. The molecule has 0 fully saturated rings. The molecule has 9 heteroatoms. The summed E-state index contributed by atoms with van der Waals surface area (Å²) in [6.07, 6.45) is 3.40. The molecule has 3 rings (SSSR count). The van der Waals surface area contributed by atoms with Gasteiger partial charge in [0, 0.05) is 24.5 Å². The van der Waals surface area contributed by atoms with Gasteiger partial charge in [-0.05, 0) is 57.5 Å². The van der Waals surface area contributed by atoms with Crippen molar-refractivity contribution in [3.63, 3.8) is 0 Å². The first kappa shape index (κ1) is 23.2. The summed E-state index contributed by atoms with van der Waals surface area (Å²) >= 11 is 0. The lowest BCUT2D eigenvalue weighted by Crippen LogP contribution is -2.20. The topological polar surface area (TPSA) is 88.2 Å². The molecule has 3 aromatic rings. The number of ether oxygens (including phenoxy) is 2. The quantitative estimate of drug-likeness (QED) is 0.462. The van der Waals surface area contributed by atoms with Crippen LogP contribution in [0.4, 0.5) is 4.39 Å². The number of halogens is 1. The number of carbonyl (C=O) groups is 2. The highest BCUT2D eigenvalue weighted by atomic mass is 19.1. The fraction of sp³-hybridized carbons (Fsp3) is 0.391. The third kappa shape index (κ3) is 5.81. The monoisotopic (exact) mass is 442 g/mol. The summed E-state index contributed by atoms with van der Waals surface area (Å²) in [5, 5.41) is 8.38. The van der Waals surface area contributed by atoms with Gasteiger partial charge in [-0.3, -0.25) is 9.36 Å². The summed E-state index contributed by atoms with van der Waals surface area (Å²) in [5.41, 5.74) is 0.895. The molecule has 0 aliphatic rings. The second kappa shape index (κ2) is 10.2. The van der Waals surface area contributed by atoms with E-state index in [4.69, 9.17) is 9.47 Å². The van der Waals surface area contributed by atoms with Crippen LogP contribution in [0.15, 0.2) is 48.8 Å². The first-order valence-corrected chi connectivity index (χ1v) is 10.4. The predicted molar refractivity (Wildman–Crippen MR) is 115 cm³/mol. The largest absolute Gasteiger partial charge is 0.460 e. The van der Waals surface area contributed by atoms with Gasteiger partial charge in [-0.25, -0.2) is 14.0 Å². The molecule has 0 amide bonds. The van der Waals surface area contributed by atoms with Gasteiger partial charge in [0.2, 0.25) is 0 Å². The zero-order valence-corrected chi connectivity index (χ0v) is 18.6. The van der Waals surface area contributed by atoms with Crippen molar-refractivity contribution in [3.05, 3.63) is 71.6 Å². The standard InChI is InChI=1S/C23H27FN4O4/c1-15(2)27-10-8-20(25-27)22(29)31-13-18(17-6-5-7-19(24)12-17)14-32-23(30)21-9-11-28(26-21)16(3)4/h5-12,15-16,18H,13-14H2,1-4H3. The van der Waals surface area contributed by atoms with E-state index in [2.05, 4.69) is 10.2 Å². The number of rotatable bonds is 9. The Balaban J connectivity index is 1.67. The van der Waals surface area contributed by atoms with Crippen molar-refractivity contribution in [1.29, 1.82) is 0 Å². The molecule has 0 saturated carbocycles. The van der Waals surface area contributed by atoms with Crippen molar-refractivity contribution < 1.29 is 23.5 Å². The summed E-state index contributed by atoms with van der Waals surface area (Å²) in [6, 6.07) is 9.25. The SMILES string of the molecule is CC(C)n1ccc(C(=O)OCC(COC(=O)c2ccn(C(C)C)n2)c2cccc(F)c2)n1. The van der Waals surface area contributed by atoms with E-state index in [1.807, 2.05) is 27.7 Å². The number of aromatic nitrogens is 4. The zero-order chi connectivity index (χ0) is 23.3. The van der Waals surface area contributed by atoms with Crippen LogP contribution in [0.1, 0.15) is 72.2 Å². The molecule has 0 N–H and O–H groups in total. The van der Waals surface area contributed by atoms with Crippen LogP contribution in [0.5, 0.6) is 0 Å². The van der Waals surface area contributed by atoms with Gasteiger partial charge in [-0.15, -0.1) is 0 Å². The molecule has 0 unspecified atom stereocenters. The Morgan fingerprint density at radius 1 is 0.875 bits per heavy atom. The summed E-state index contributed by atoms with van der Waals surface area (Å²) in [4.78, 5) is 24.8. The molecular weight excluding hydrogens is 415 g/mol. The minimum Gasteiger partial charge on any atom is -0.460 e. The van der Waals surface area contributed by atoms with Crippen LogP contribution >= 0.6 is 0 Å². The smallest absolute Gasteiger partial charge is 0.358 e. The van der Waals surface area contributed by atoms with Crippen molar-refractivity contribution >= 4 is 11.9 Å². The zero-order valence-electron chi connectivity index (χ0n) is 18.6. The van der Waals surface area contributed by atoms with E-state index >= 15 is 0 Å². The van der Waals surface area contributed by atoms with Crippen LogP contribution in [0.25, 0.3) is 0 Å². The lowest BCUT2D eigenvalue weighted by Gasteiger charge is -2.17. The molecule has 1 aromatic carbocycles. The molecule has 0 radical (unpaired) electrons. The summed E-state index contributed by atoms with van der Waals surface area (Å²) in [7, 11) is 0. The summed E-state index contributed by atoms with van der Waals surface area (Å²) < 4.78 is 27.9. The van der Waals surface area contributed by atoms with Gasteiger partial charge in [0.05, 0.1) is 5.92 Å². The van der Waals surface area contributed by atoms with Crippen molar-refractivity contribution in [1.82, 2.24) is 19.6 Å². The summed E-state index contributed by atoms with van der Waals surface area (Å²) in [5.74, 6) is -2.20. The van der Waals surface area contributed by atoms with Gasteiger partial charge in [-0.2, -0.15) is 10.2 Å². The van der Waals surface area contributed by atoms with Gasteiger partial charge < -0.3 is 9.47 Å². The molecule has 0 spiro atoms. The number of hydrogen-bond acceptors (Lipinski definition) is 6. The molecule has 8 nitrogen and oxygen atoms in total. The van der Waals surface area contributed by atoms with E-state index in [0.29, 0.717) is 5.56 Å². The minimum absolute atomic E-state index is 0.107. The molecular formula is C23H27FN4O4. The van der Waals surface area contributed by atoms with Gasteiger partial charge in [-0.1, -0.05) is 12.1 Å². The van der Waals surface area contributed by atoms with E-state index in [0.717, 1.165) is 0 Å². The van der Waals surface area contributed by atoms with Crippen LogP contribution in [0.3, 0.4) is 0 Å². The van der Waals surface area contributed by atoms with Crippen LogP contribution in [0.2, 0.25) is 0 Å². The maximum Gasteiger partial charge on any atom is 0.358 e. The maximum absolute atomic E-state index is 13.8. The number of hydrogen-bond donors (Lipinski definition) is 0. The fourth-order valence-corrected chi connectivity index (χ4v) is 2.97. The number of carbonyl (C=O) groups excluding carboxylic acids is 2. The van der Waals surface area contributed by atoms with Crippen molar-refractivity contribution in [2.24, 2.45) is 0 Å². The predicted octanol–water partition coefficient (Wildman–Crippen LogP) is 4.18.